The first-order valence-corrected chi connectivity index (χ1v) is 7.35. The highest BCUT2D eigenvalue weighted by Gasteiger charge is 2.20. The van der Waals surface area contributed by atoms with Crippen LogP contribution < -0.4 is 0 Å². The van der Waals surface area contributed by atoms with Crippen LogP contribution in [0.1, 0.15) is 25.0 Å². The zero-order valence-electron chi connectivity index (χ0n) is 9.27. The summed E-state index contributed by atoms with van der Waals surface area (Å²) in [6.07, 6.45) is 0. The van der Waals surface area contributed by atoms with Gasteiger partial charge in [-0.25, -0.2) is 8.42 Å². The molecule has 0 atom stereocenters. The molecule has 0 aromatic heterocycles. The summed E-state index contributed by atoms with van der Waals surface area (Å²) in [6.45, 7) is 3.78. The van der Waals surface area contributed by atoms with Gasteiger partial charge in [0.15, 0.2) is 0 Å². The van der Waals surface area contributed by atoms with E-state index in [0.29, 0.717) is 5.56 Å². The summed E-state index contributed by atoms with van der Waals surface area (Å²) in [5.41, 5.74) is 1.15. The Balaban J connectivity index is 3.05. The van der Waals surface area contributed by atoms with Gasteiger partial charge in [0.2, 0.25) is 9.05 Å². The van der Waals surface area contributed by atoms with Gasteiger partial charge in [0, 0.05) is 16.1 Å². The number of aliphatic hydroxyl groups excluding tert-OH is 1. The molecule has 90 valence electrons. The number of hydrogen-bond acceptors (Lipinski definition) is 3. The second-order valence-electron chi connectivity index (χ2n) is 4.43. The minimum atomic E-state index is -3.54. The lowest BCUT2D eigenvalue weighted by Crippen LogP contribution is -2.22. The van der Waals surface area contributed by atoms with Crippen molar-refractivity contribution < 1.29 is 13.5 Å². The predicted molar refractivity (Wildman–Crippen MR) is 65.0 cm³/mol. The molecule has 0 unspecified atom stereocenters. The maximum absolute atomic E-state index is 10.9. The molecule has 0 radical (unpaired) electrons. The van der Waals surface area contributed by atoms with Crippen molar-refractivity contribution in [2.75, 3.05) is 6.61 Å². The van der Waals surface area contributed by atoms with Crippen LogP contribution in [0.2, 0.25) is 0 Å². The van der Waals surface area contributed by atoms with Crippen molar-refractivity contribution in [3.8, 4) is 0 Å². The Morgan fingerprint density at radius 1 is 1.38 bits per heavy atom. The normalized spacial score (nSPS) is 12.8. The first-order valence-electron chi connectivity index (χ1n) is 4.87. The van der Waals surface area contributed by atoms with E-state index < -0.39 is 9.05 Å². The van der Waals surface area contributed by atoms with Gasteiger partial charge in [-0.2, -0.15) is 0 Å². The lowest BCUT2D eigenvalue weighted by molar-refractivity contribution is 0.218. The molecule has 0 bridgehead atoms. The van der Waals surface area contributed by atoms with Crippen molar-refractivity contribution in [1.29, 1.82) is 0 Å². The van der Waals surface area contributed by atoms with E-state index in [0.717, 1.165) is 5.56 Å². The highest BCUT2D eigenvalue weighted by atomic mass is 35.7. The Kier molecular flexibility index (Phi) is 3.99. The van der Waals surface area contributed by atoms with Crippen LogP contribution in [0.25, 0.3) is 0 Å². The lowest BCUT2D eigenvalue weighted by Gasteiger charge is -2.22. The van der Waals surface area contributed by atoms with Gasteiger partial charge >= 0.3 is 0 Å². The minimum Gasteiger partial charge on any atom is -0.395 e. The summed E-state index contributed by atoms with van der Waals surface area (Å²) >= 11 is 0. The van der Waals surface area contributed by atoms with Gasteiger partial charge in [-0.3, -0.25) is 0 Å². The molecule has 1 aromatic carbocycles. The van der Waals surface area contributed by atoms with Crippen LogP contribution in [0.3, 0.4) is 0 Å². The van der Waals surface area contributed by atoms with Crippen LogP contribution in [-0.2, 0) is 20.2 Å². The molecule has 0 aliphatic carbocycles. The van der Waals surface area contributed by atoms with E-state index in [1.807, 2.05) is 19.9 Å². The summed E-state index contributed by atoms with van der Waals surface area (Å²) in [5, 5.41) is 9.23. The van der Waals surface area contributed by atoms with Crippen molar-refractivity contribution in [1.82, 2.24) is 0 Å². The van der Waals surface area contributed by atoms with Crippen LogP contribution >= 0.6 is 10.7 Å². The molecule has 16 heavy (non-hydrogen) atoms. The van der Waals surface area contributed by atoms with E-state index in [1.165, 1.54) is 0 Å². The molecule has 1 rings (SSSR count). The molecule has 0 saturated heterocycles. The van der Waals surface area contributed by atoms with Crippen LogP contribution in [0.15, 0.2) is 24.3 Å². The van der Waals surface area contributed by atoms with Crippen molar-refractivity contribution in [2.45, 2.75) is 25.0 Å². The predicted octanol–water partition coefficient (Wildman–Crippen LogP) is 2.03. The molecule has 0 saturated carbocycles. The second-order valence-corrected chi connectivity index (χ2v) is 7.20. The summed E-state index contributed by atoms with van der Waals surface area (Å²) in [4.78, 5) is 0. The summed E-state index contributed by atoms with van der Waals surface area (Å²) in [6, 6.07) is 7.09. The fourth-order valence-electron chi connectivity index (χ4n) is 1.37. The van der Waals surface area contributed by atoms with Gasteiger partial charge in [-0.15, -0.1) is 0 Å². The number of halogens is 1. The second kappa shape index (κ2) is 4.73. The average molecular weight is 263 g/mol. The van der Waals surface area contributed by atoms with Gasteiger partial charge in [-0.1, -0.05) is 38.1 Å². The van der Waals surface area contributed by atoms with E-state index in [9.17, 15) is 13.5 Å². The first kappa shape index (κ1) is 13.5. The SMILES string of the molecule is CC(C)(CO)c1cccc(CS(=O)(=O)Cl)c1. The number of benzene rings is 1. The van der Waals surface area contributed by atoms with Crippen molar-refractivity contribution >= 4 is 19.7 Å². The molecule has 3 nitrogen and oxygen atoms in total. The van der Waals surface area contributed by atoms with E-state index >= 15 is 0 Å². The molecule has 5 heteroatoms. The van der Waals surface area contributed by atoms with Crippen LogP contribution in [0.5, 0.6) is 0 Å². The third-order valence-electron chi connectivity index (χ3n) is 2.44. The Morgan fingerprint density at radius 2 is 2.00 bits per heavy atom. The third kappa shape index (κ3) is 3.77. The Morgan fingerprint density at radius 3 is 2.50 bits per heavy atom. The largest absolute Gasteiger partial charge is 0.395 e. The van der Waals surface area contributed by atoms with Gasteiger partial charge in [0.05, 0.1) is 12.4 Å². The van der Waals surface area contributed by atoms with Crippen molar-refractivity contribution in [3.63, 3.8) is 0 Å². The zero-order chi connectivity index (χ0) is 12.4. The zero-order valence-corrected chi connectivity index (χ0v) is 10.8. The smallest absolute Gasteiger partial charge is 0.236 e. The fraction of sp³-hybridized carbons (Fsp3) is 0.455. The van der Waals surface area contributed by atoms with Gasteiger partial charge < -0.3 is 5.11 Å². The molecule has 1 N–H and O–H groups in total. The molecule has 1 aromatic rings. The Bertz CT molecular complexity index is 466. The molecule has 0 amide bonds. The minimum absolute atomic E-state index is 0.00405. The summed E-state index contributed by atoms with van der Waals surface area (Å²) < 4.78 is 21.9. The number of hydrogen-bond donors (Lipinski definition) is 1. The maximum atomic E-state index is 10.9. The molecular weight excluding hydrogens is 248 g/mol. The van der Waals surface area contributed by atoms with E-state index in [4.69, 9.17) is 10.7 Å². The maximum Gasteiger partial charge on any atom is 0.236 e. The molecule has 0 spiro atoms. The lowest BCUT2D eigenvalue weighted by atomic mass is 9.85. The van der Waals surface area contributed by atoms with E-state index in [-0.39, 0.29) is 17.8 Å². The molecule has 0 fully saturated rings. The standard InChI is InChI=1S/C11H15ClO3S/c1-11(2,8-13)10-5-3-4-9(6-10)7-16(12,14)15/h3-6,13H,7-8H2,1-2H3. The van der Waals surface area contributed by atoms with Gasteiger partial charge in [0.1, 0.15) is 0 Å². The molecule has 0 aliphatic heterocycles. The first-order chi connectivity index (χ1) is 7.24. The number of rotatable bonds is 4. The Hall–Kier alpha value is -0.580. The third-order valence-corrected chi connectivity index (χ3v) is 3.45. The monoisotopic (exact) mass is 262 g/mol. The average Bonchev–Trinajstić information content (AvgIpc) is 2.15. The van der Waals surface area contributed by atoms with E-state index in [2.05, 4.69) is 0 Å². The van der Waals surface area contributed by atoms with Crippen molar-refractivity contribution in [2.24, 2.45) is 0 Å². The fourth-order valence-corrected chi connectivity index (χ4v) is 2.33. The van der Waals surface area contributed by atoms with Gasteiger partial charge in [0.25, 0.3) is 0 Å². The highest BCUT2D eigenvalue weighted by molar-refractivity contribution is 8.13. The highest BCUT2D eigenvalue weighted by Crippen LogP contribution is 2.24. The van der Waals surface area contributed by atoms with Crippen LogP contribution in [-0.4, -0.2) is 20.1 Å². The summed E-state index contributed by atoms with van der Waals surface area (Å²) in [5.74, 6) is -0.191. The van der Waals surface area contributed by atoms with Gasteiger partial charge in [-0.05, 0) is 11.1 Å². The van der Waals surface area contributed by atoms with E-state index in [1.54, 1.807) is 18.2 Å². The molecule has 0 aliphatic rings. The molecule has 0 heterocycles. The quantitative estimate of drug-likeness (QED) is 0.845. The van der Waals surface area contributed by atoms with Crippen LogP contribution in [0, 0.1) is 0 Å². The van der Waals surface area contributed by atoms with Crippen molar-refractivity contribution in [3.05, 3.63) is 35.4 Å². The summed E-state index contributed by atoms with van der Waals surface area (Å²) in [7, 11) is 1.65. The Labute approximate surface area is 100 Å². The molecular formula is C11H15ClO3S. The topological polar surface area (TPSA) is 54.4 Å². The van der Waals surface area contributed by atoms with Crippen LogP contribution in [0.4, 0.5) is 0 Å². The number of aliphatic hydroxyl groups is 1.